The lowest BCUT2D eigenvalue weighted by molar-refractivity contribution is 0.181. The molecule has 0 aromatic carbocycles. The van der Waals surface area contributed by atoms with Gasteiger partial charge in [0.05, 0.1) is 6.61 Å². The van der Waals surface area contributed by atoms with Gasteiger partial charge in [-0.1, -0.05) is 0 Å². The van der Waals surface area contributed by atoms with Gasteiger partial charge in [0, 0.05) is 53.4 Å². The van der Waals surface area contributed by atoms with Gasteiger partial charge in [0.25, 0.3) is 0 Å². The Bertz CT molecular complexity index is 253. The van der Waals surface area contributed by atoms with E-state index in [0.29, 0.717) is 5.92 Å². The molecule has 112 valence electrons. The molecular formula is C14H29N3O2. The molecule has 1 saturated heterocycles. The van der Waals surface area contributed by atoms with Crippen molar-refractivity contribution >= 4 is 5.96 Å². The highest BCUT2D eigenvalue weighted by Gasteiger charge is 2.18. The second-order valence-corrected chi connectivity index (χ2v) is 5.14. The third-order valence-electron chi connectivity index (χ3n) is 3.44. The van der Waals surface area contributed by atoms with Gasteiger partial charge in [0.1, 0.15) is 0 Å². The van der Waals surface area contributed by atoms with Gasteiger partial charge in [0.2, 0.25) is 0 Å². The first-order valence-corrected chi connectivity index (χ1v) is 7.26. The van der Waals surface area contributed by atoms with Crippen molar-refractivity contribution in [3.63, 3.8) is 0 Å². The van der Waals surface area contributed by atoms with Crippen LogP contribution >= 0.6 is 0 Å². The molecule has 5 nitrogen and oxygen atoms in total. The minimum absolute atomic E-state index is 0.644. The van der Waals surface area contributed by atoms with Crippen LogP contribution in [0.25, 0.3) is 0 Å². The molecule has 0 aromatic rings. The van der Waals surface area contributed by atoms with Crippen LogP contribution in [0.2, 0.25) is 0 Å². The average molecular weight is 271 g/mol. The maximum atomic E-state index is 5.41. The normalized spacial score (nSPS) is 19.7. The number of nitrogens with zero attached hydrogens (tertiary/aromatic N) is 2. The Morgan fingerprint density at radius 3 is 2.89 bits per heavy atom. The zero-order chi connectivity index (χ0) is 13.9. The number of guanidine groups is 1. The van der Waals surface area contributed by atoms with Crippen LogP contribution in [-0.4, -0.2) is 65.0 Å². The number of methoxy groups -OCH3 is 1. The summed E-state index contributed by atoms with van der Waals surface area (Å²) < 4.78 is 10.4. The molecular weight excluding hydrogens is 242 g/mol. The Balaban J connectivity index is 2.13. The van der Waals surface area contributed by atoms with Crippen molar-refractivity contribution in [1.29, 1.82) is 0 Å². The van der Waals surface area contributed by atoms with Gasteiger partial charge in [0.15, 0.2) is 5.96 Å². The Morgan fingerprint density at radius 1 is 1.42 bits per heavy atom. The molecule has 0 aliphatic carbocycles. The molecule has 0 saturated carbocycles. The van der Waals surface area contributed by atoms with E-state index < -0.39 is 0 Å². The molecule has 19 heavy (non-hydrogen) atoms. The summed E-state index contributed by atoms with van der Waals surface area (Å²) in [5.41, 5.74) is 0. The summed E-state index contributed by atoms with van der Waals surface area (Å²) in [5, 5.41) is 3.41. The van der Waals surface area contributed by atoms with Crippen LogP contribution < -0.4 is 5.32 Å². The van der Waals surface area contributed by atoms with Gasteiger partial charge >= 0.3 is 0 Å². The maximum absolute atomic E-state index is 5.41. The van der Waals surface area contributed by atoms with E-state index in [1.165, 1.54) is 12.8 Å². The molecule has 1 heterocycles. The highest BCUT2D eigenvalue weighted by molar-refractivity contribution is 5.79. The molecule has 1 aliphatic rings. The van der Waals surface area contributed by atoms with Crippen LogP contribution in [0.4, 0.5) is 0 Å². The number of unbranched alkanes of at least 4 members (excludes halogenated alkanes) is 2. The molecule has 1 atom stereocenters. The Labute approximate surface area is 117 Å². The molecule has 0 spiro atoms. The van der Waals surface area contributed by atoms with E-state index in [-0.39, 0.29) is 0 Å². The number of aliphatic imine (C=N–C) groups is 1. The fourth-order valence-electron chi connectivity index (χ4n) is 2.33. The Hall–Kier alpha value is -0.810. The first-order chi connectivity index (χ1) is 9.27. The van der Waals surface area contributed by atoms with E-state index >= 15 is 0 Å². The third kappa shape index (κ3) is 6.78. The zero-order valence-electron chi connectivity index (χ0n) is 12.7. The van der Waals surface area contributed by atoms with Crippen LogP contribution in [0.15, 0.2) is 4.99 Å². The standard InChI is InChI=1S/C14H29N3O2/c1-15-14(16-8-5-4-6-9-18-3)17(2)11-13-7-10-19-12-13/h13H,4-12H2,1-3H3,(H,15,16). The quantitative estimate of drug-likeness (QED) is 0.411. The van der Waals surface area contributed by atoms with Crippen molar-refractivity contribution < 1.29 is 9.47 Å². The minimum Gasteiger partial charge on any atom is -0.385 e. The van der Waals surface area contributed by atoms with E-state index in [4.69, 9.17) is 9.47 Å². The van der Waals surface area contributed by atoms with Crippen LogP contribution in [0.3, 0.4) is 0 Å². The molecule has 0 amide bonds. The van der Waals surface area contributed by atoms with Crippen molar-refractivity contribution in [2.75, 3.05) is 54.1 Å². The summed E-state index contributed by atoms with van der Waals surface area (Å²) in [6.45, 7) is 4.64. The topological polar surface area (TPSA) is 46.1 Å². The van der Waals surface area contributed by atoms with Gasteiger partial charge in [-0.2, -0.15) is 0 Å². The number of rotatable bonds is 8. The molecule has 1 aliphatic heterocycles. The second-order valence-electron chi connectivity index (χ2n) is 5.14. The molecule has 5 heteroatoms. The summed E-state index contributed by atoms with van der Waals surface area (Å²) in [5.74, 6) is 1.63. The molecule has 0 bridgehead atoms. The van der Waals surface area contributed by atoms with Gasteiger partial charge < -0.3 is 19.7 Å². The first-order valence-electron chi connectivity index (χ1n) is 7.26. The third-order valence-corrected chi connectivity index (χ3v) is 3.44. The fraction of sp³-hybridized carbons (Fsp3) is 0.929. The number of ether oxygens (including phenoxy) is 2. The van der Waals surface area contributed by atoms with Crippen molar-refractivity contribution in [3.05, 3.63) is 0 Å². The largest absolute Gasteiger partial charge is 0.385 e. The zero-order valence-corrected chi connectivity index (χ0v) is 12.7. The van der Waals surface area contributed by atoms with Crippen LogP contribution in [-0.2, 0) is 9.47 Å². The van der Waals surface area contributed by atoms with E-state index in [1.807, 2.05) is 7.05 Å². The van der Waals surface area contributed by atoms with Crippen molar-refractivity contribution in [1.82, 2.24) is 10.2 Å². The summed E-state index contributed by atoms with van der Waals surface area (Å²) in [6, 6.07) is 0. The van der Waals surface area contributed by atoms with E-state index in [9.17, 15) is 0 Å². The predicted molar refractivity (Wildman–Crippen MR) is 78.6 cm³/mol. The second kappa shape index (κ2) is 10.0. The molecule has 1 unspecified atom stereocenters. The summed E-state index contributed by atoms with van der Waals surface area (Å²) >= 11 is 0. The summed E-state index contributed by atoms with van der Waals surface area (Å²) in [7, 11) is 5.69. The SMILES string of the molecule is CN=C(NCCCCCOC)N(C)CC1CCOC1. The maximum Gasteiger partial charge on any atom is 0.193 e. The first kappa shape index (κ1) is 16.2. The highest BCUT2D eigenvalue weighted by atomic mass is 16.5. The highest BCUT2D eigenvalue weighted by Crippen LogP contribution is 2.13. The minimum atomic E-state index is 0.644. The van der Waals surface area contributed by atoms with E-state index in [2.05, 4.69) is 22.3 Å². The Kier molecular flexibility index (Phi) is 8.58. The Morgan fingerprint density at radius 2 is 2.26 bits per heavy atom. The van der Waals surface area contributed by atoms with Crippen LogP contribution in [0, 0.1) is 5.92 Å². The molecule has 0 aromatic heterocycles. The number of nitrogens with one attached hydrogen (secondary N) is 1. The lowest BCUT2D eigenvalue weighted by Gasteiger charge is -2.24. The average Bonchev–Trinajstić information content (AvgIpc) is 2.90. The van der Waals surface area contributed by atoms with E-state index in [0.717, 1.165) is 51.7 Å². The number of hydrogen-bond acceptors (Lipinski definition) is 3. The fourth-order valence-corrected chi connectivity index (χ4v) is 2.33. The lowest BCUT2D eigenvalue weighted by atomic mass is 10.1. The molecule has 1 rings (SSSR count). The van der Waals surface area contributed by atoms with Gasteiger partial charge in [-0.25, -0.2) is 0 Å². The predicted octanol–water partition coefficient (Wildman–Crippen LogP) is 1.35. The summed E-state index contributed by atoms with van der Waals surface area (Å²) in [4.78, 5) is 6.53. The molecule has 0 radical (unpaired) electrons. The van der Waals surface area contributed by atoms with Gasteiger partial charge in [-0.3, -0.25) is 4.99 Å². The van der Waals surface area contributed by atoms with Crippen molar-refractivity contribution in [2.45, 2.75) is 25.7 Å². The van der Waals surface area contributed by atoms with Gasteiger partial charge in [-0.15, -0.1) is 0 Å². The molecule has 1 fully saturated rings. The van der Waals surface area contributed by atoms with Crippen LogP contribution in [0.1, 0.15) is 25.7 Å². The van der Waals surface area contributed by atoms with E-state index in [1.54, 1.807) is 7.11 Å². The monoisotopic (exact) mass is 271 g/mol. The van der Waals surface area contributed by atoms with Crippen LogP contribution in [0.5, 0.6) is 0 Å². The smallest absolute Gasteiger partial charge is 0.193 e. The number of hydrogen-bond donors (Lipinski definition) is 1. The lowest BCUT2D eigenvalue weighted by Crippen LogP contribution is -2.41. The van der Waals surface area contributed by atoms with Crippen molar-refractivity contribution in [2.24, 2.45) is 10.9 Å². The van der Waals surface area contributed by atoms with Crippen molar-refractivity contribution in [3.8, 4) is 0 Å². The summed E-state index contributed by atoms with van der Waals surface area (Å²) in [6.07, 6.45) is 4.64. The van der Waals surface area contributed by atoms with Gasteiger partial charge in [-0.05, 0) is 25.7 Å². The molecule has 1 N–H and O–H groups in total.